The van der Waals surface area contributed by atoms with E-state index < -0.39 is 6.23 Å². The number of nitrogens with two attached hydrogens (primary N) is 1. The molecule has 1 fully saturated rings. The Balaban J connectivity index is 1.71. The Hall–Kier alpha value is -3.11. The number of nitrogen functional groups attached to an aromatic ring is 1. The summed E-state index contributed by atoms with van der Waals surface area (Å²) < 4.78 is 1.89. The number of aliphatic hydroxyl groups excluding tert-OH is 1. The van der Waals surface area contributed by atoms with Gasteiger partial charge in [0.1, 0.15) is 17.8 Å². The van der Waals surface area contributed by atoms with Crippen LogP contribution in [0.2, 0.25) is 0 Å². The molecule has 4 N–H and O–H groups in total. The number of nitrogens with zero attached hydrogens (tertiary/aromatic N) is 4. The van der Waals surface area contributed by atoms with Crippen molar-refractivity contribution in [1.82, 2.24) is 19.7 Å². The molecule has 1 aromatic carbocycles. The average molecular weight is 348 g/mol. The average Bonchev–Trinajstić information content (AvgIpc) is 3.30. The second-order valence-electron chi connectivity index (χ2n) is 6.49. The van der Waals surface area contributed by atoms with Crippen molar-refractivity contribution in [2.24, 2.45) is 0 Å². The van der Waals surface area contributed by atoms with Gasteiger partial charge in [-0.15, -0.1) is 6.42 Å². The Morgan fingerprint density at radius 3 is 2.65 bits per heavy atom. The van der Waals surface area contributed by atoms with Gasteiger partial charge in [-0.05, 0) is 37.1 Å². The number of hydrogen-bond donors (Lipinski definition) is 3. The minimum Gasteiger partial charge on any atom is -0.383 e. The van der Waals surface area contributed by atoms with Crippen LogP contribution in [0.1, 0.15) is 49.2 Å². The van der Waals surface area contributed by atoms with Crippen molar-refractivity contribution < 1.29 is 5.11 Å². The van der Waals surface area contributed by atoms with Crippen molar-refractivity contribution in [3.05, 3.63) is 41.9 Å². The van der Waals surface area contributed by atoms with Crippen LogP contribution in [0, 0.1) is 12.3 Å². The first kappa shape index (κ1) is 16.4. The maximum absolute atomic E-state index is 10.7. The van der Waals surface area contributed by atoms with E-state index in [0.717, 1.165) is 24.1 Å². The molecule has 3 aromatic rings. The summed E-state index contributed by atoms with van der Waals surface area (Å²) in [6, 6.07) is 7.52. The minimum absolute atomic E-state index is 0.280. The van der Waals surface area contributed by atoms with Gasteiger partial charge in [-0.1, -0.05) is 18.8 Å². The van der Waals surface area contributed by atoms with Crippen LogP contribution < -0.4 is 11.1 Å². The molecule has 4 rings (SSSR count). The van der Waals surface area contributed by atoms with Crippen molar-refractivity contribution in [1.29, 1.82) is 0 Å². The highest BCUT2D eigenvalue weighted by Gasteiger charge is 2.26. The normalized spacial score (nSPS) is 15.8. The lowest BCUT2D eigenvalue weighted by Crippen LogP contribution is -2.13. The van der Waals surface area contributed by atoms with Crippen LogP contribution >= 0.6 is 0 Å². The molecule has 7 heteroatoms. The van der Waals surface area contributed by atoms with Gasteiger partial charge >= 0.3 is 0 Å². The van der Waals surface area contributed by atoms with Crippen molar-refractivity contribution in [2.75, 3.05) is 11.1 Å². The molecule has 1 unspecified atom stereocenters. The molecule has 0 aliphatic heterocycles. The molecule has 1 aliphatic carbocycles. The highest BCUT2D eigenvalue weighted by molar-refractivity contribution is 5.88. The summed E-state index contributed by atoms with van der Waals surface area (Å²) in [5.74, 6) is 2.88. The first-order valence-electron chi connectivity index (χ1n) is 8.67. The summed E-state index contributed by atoms with van der Waals surface area (Å²) in [6.07, 6.45) is 10.2. The number of nitrogens with one attached hydrogen (secondary N) is 1. The number of benzene rings is 1. The lowest BCUT2D eigenvalue weighted by Gasteiger charge is -2.13. The first-order valence-corrected chi connectivity index (χ1v) is 8.67. The van der Waals surface area contributed by atoms with Crippen LogP contribution in [0.5, 0.6) is 0 Å². The van der Waals surface area contributed by atoms with Crippen molar-refractivity contribution in [3.63, 3.8) is 0 Å². The van der Waals surface area contributed by atoms with E-state index in [1.54, 1.807) is 0 Å². The molecule has 0 radical (unpaired) electrons. The van der Waals surface area contributed by atoms with Gasteiger partial charge in [-0.25, -0.2) is 14.6 Å². The van der Waals surface area contributed by atoms with E-state index in [-0.39, 0.29) is 6.04 Å². The van der Waals surface area contributed by atoms with Gasteiger partial charge in [0.25, 0.3) is 0 Å². The molecule has 7 nitrogen and oxygen atoms in total. The van der Waals surface area contributed by atoms with Gasteiger partial charge in [-0.3, -0.25) is 0 Å². The van der Waals surface area contributed by atoms with E-state index in [1.807, 2.05) is 28.9 Å². The predicted molar refractivity (Wildman–Crippen MR) is 100 cm³/mol. The SMILES string of the molecule is C#Cc1ccc(NC(O)c2nn(C3CCCC3)c3ncnc(N)c23)cc1. The number of terminal acetylenes is 1. The number of rotatable bonds is 4. The van der Waals surface area contributed by atoms with Crippen LogP contribution in [0.4, 0.5) is 11.5 Å². The van der Waals surface area contributed by atoms with E-state index in [9.17, 15) is 5.11 Å². The molecule has 26 heavy (non-hydrogen) atoms. The summed E-state index contributed by atoms with van der Waals surface area (Å²) in [6.45, 7) is 0. The smallest absolute Gasteiger partial charge is 0.170 e. The van der Waals surface area contributed by atoms with Crippen LogP contribution in [-0.2, 0) is 0 Å². The quantitative estimate of drug-likeness (QED) is 0.495. The van der Waals surface area contributed by atoms with Gasteiger partial charge < -0.3 is 16.2 Å². The van der Waals surface area contributed by atoms with Gasteiger partial charge in [0.05, 0.1) is 11.4 Å². The van der Waals surface area contributed by atoms with Crippen LogP contribution in [0.15, 0.2) is 30.6 Å². The number of aliphatic hydroxyl groups is 1. The predicted octanol–water partition coefficient (Wildman–Crippen LogP) is 2.61. The fraction of sp³-hybridized carbons (Fsp3) is 0.316. The third-order valence-corrected chi connectivity index (χ3v) is 4.83. The highest BCUT2D eigenvalue weighted by atomic mass is 16.3. The third-order valence-electron chi connectivity index (χ3n) is 4.83. The minimum atomic E-state index is -1.04. The van der Waals surface area contributed by atoms with Crippen molar-refractivity contribution in [2.45, 2.75) is 38.0 Å². The van der Waals surface area contributed by atoms with E-state index in [4.69, 9.17) is 12.2 Å². The van der Waals surface area contributed by atoms with E-state index >= 15 is 0 Å². The lowest BCUT2D eigenvalue weighted by atomic mass is 10.2. The summed E-state index contributed by atoms with van der Waals surface area (Å²) >= 11 is 0. The zero-order chi connectivity index (χ0) is 18.1. The molecular formula is C19H20N6O. The Labute approximate surface area is 151 Å². The molecule has 2 aromatic heterocycles. The maximum atomic E-state index is 10.7. The molecule has 0 bridgehead atoms. The first-order chi connectivity index (χ1) is 12.7. The maximum Gasteiger partial charge on any atom is 0.170 e. The lowest BCUT2D eigenvalue weighted by molar-refractivity contribution is 0.203. The van der Waals surface area contributed by atoms with E-state index in [0.29, 0.717) is 22.5 Å². The van der Waals surface area contributed by atoms with Crippen LogP contribution in [0.3, 0.4) is 0 Å². The molecule has 1 atom stereocenters. The monoisotopic (exact) mass is 348 g/mol. The summed E-state index contributed by atoms with van der Waals surface area (Å²) in [5, 5.41) is 19.0. The fourth-order valence-corrected chi connectivity index (χ4v) is 3.51. The summed E-state index contributed by atoms with van der Waals surface area (Å²) in [7, 11) is 0. The summed E-state index contributed by atoms with van der Waals surface area (Å²) in [5.41, 5.74) is 8.69. The Morgan fingerprint density at radius 1 is 1.23 bits per heavy atom. The zero-order valence-corrected chi connectivity index (χ0v) is 14.3. The Morgan fingerprint density at radius 2 is 1.96 bits per heavy atom. The summed E-state index contributed by atoms with van der Waals surface area (Å²) in [4.78, 5) is 8.44. The molecular weight excluding hydrogens is 328 g/mol. The number of hydrogen-bond acceptors (Lipinski definition) is 6. The van der Waals surface area contributed by atoms with Crippen LogP contribution in [-0.4, -0.2) is 24.9 Å². The van der Waals surface area contributed by atoms with Gasteiger partial charge in [-0.2, -0.15) is 5.10 Å². The fourth-order valence-electron chi connectivity index (χ4n) is 3.51. The van der Waals surface area contributed by atoms with Gasteiger partial charge in [0.15, 0.2) is 11.9 Å². The number of aromatic nitrogens is 4. The van der Waals surface area contributed by atoms with Crippen molar-refractivity contribution in [3.8, 4) is 12.3 Å². The topological polar surface area (TPSA) is 102 Å². The van der Waals surface area contributed by atoms with Crippen molar-refractivity contribution >= 4 is 22.5 Å². The van der Waals surface area contributed by atoms with Gasteiger partial charge in [0.2, 0.25) is 0 Å². The molecule has 132 valence electrons. The third kappa shape index (κ3) is 2.85. The van der Waals surface area contributed by atoms with E-state index in [1.165, 1.54) is 19.2 Å². The highest BCUT2D eigenvalue weighted by Crippen LogP contribution is 2.34. The Bertz CT molecular complexity index is 966. The molecule has 2 heterocycles. The molecule has 0 saturated heterocycles. The molecule has 0 amide bonds. The molecule has 0 spiro atoms. The Kier molecular flexibility index (Phi) is 4.19. The van der Waals surface area contributed by atoms with E-state index in [2.05, 4.69) is 26.3 Å². The molecule has 1 saturated carbocycles. The molecule has 1 aliphatic rings. The number of anilines is 2. The van der Waals surface area contributed by atoms with Gasteiger partial charge in [0, 0.05) is 11.3 Å². The standard InChI is InChI=1S/C19H20N6O/c1-2-12-7-9-13(10-8-12)23-19(26)16-15-17(20)21-11-22-18(15)25(24-16)14-5-3-4-6-14/h1,7-11,14,19,23,26H,3-6H2,(H2,20,21,22). The zero-order valence-electron chi connectivity index (χ0n) is 14.3. The second kappa shape index (κ2) is 6.65. The number of fused-ring (bicyclic) bond motifs is 1. The van der Waals surface area contributed by atoms with Crippen LogP contribution in [0.25, 0.3) is 11.0 Å². The largest absolute Gasteiger partial charge is 0.383 e. The second-order valence-corrected chi connectivity index (χ2v) is 6.49.